The van der Waals surface area contributed by atoms with Crippen LogP contribution in [0.15, 0.2) is 48.5 Å². The number of nitro benzene ring substituents is 1. The molecule has 5 heteroatoms. The van der Waals surface area contributed by atoms with Gasteiger partial charge in [-0.15, -0.1) is 0 Å². The van der Waals surface area contributed by atoms with Gasteiger partial charge in [0, 0.05) is 17.7 Å². The summed E-state index contributed by atoms with van der Waals surface area (Å²) in [6.45, 7) is 0.115. The summed E-state index contributed by atoms with van der Waals surface area (Å²) in [6.07, 6.45) is 0. The number of ether oxygens (including phenoxy) is 1. The Labute approximate surface area is 110 Å². The zero-order chi connectivity index (χ0) is 13.7. The van der Waals surface area contributed by atoms with Gasteiger partial charge in [0.1, 0.15) is 12.4 Å². The molecule has 0 spiro atoms. The Kier molecular flexibility index (Phi) is 4.10. The number of aliphatic hydroxyl groups excluding tert-OH is 1. The van der Waals surface area contributed by atoms with Crippen LogP contribution >= 0.6 is 0 Å². The SMILES string of the molecule is O=[N+]([O-])c1cccc(COc2ccccc2CO)c1. The van der Waals surface area contributed by atoms with E-state index in [4.69, 9.17) is 9.84 Å². The van der Waals surface area contributed by atoms with Crippen LogP contribution in [0, 0.1) is 10.1 Å². The summed E-state index contributed by atoms with van der Waals surface area (Å²) < 4.78 is 5.57. The van der Waals surface area contributed by atoms with Crippen molar-refractivity contribution in [2.24, 2.45) is 0 Å². The maximum Gasteiger partial charge on any atom is 0.269 e. The molecule has 19 heavy (non-hydrogen) atoms. The molecule has 2 rings (SSSR count). The zero-order valence-corrected chi connectivity index (χ0v) is 10.2. The van der Waals surface area contributed by atoms with E-state index >= 15 is 0 Å². The number of nitrogens with zero attached hydrogens (tertiary/aromatic N) is 1. The third-order valence-corrected chi connectivity index (χ3v) is 2.66. The third-order valence-electron chi connectivity index (χ3n) is 2.66. The number of nitro groups is 1. The summed E-state index contributed by atoms with van der Waals surface area (Å²) >= 11 is 0. The maximum atomic E-state index is 10.7. The molecule has 0 atom stereocenters. The molecule has 2 aromatic rings. The van der Waals surface area contributed by atoms with E-state index in [1.807, 2.05) is 12.1 Å². The number of hydrogen-bond donors (Lipinski definition) is 1. The molecule has 0 aliphatic carbocycles. The van der Waals surface area contributed by atoms with Crippen LogP contribution in [0.3, 0.4) is 0 Å². The zero-order valence-electron chi connectivity index (χ0n) is 10.2. The number of para-hydroxylation sites is 1. The molecular weight excluding hydrogens is 246 g/mol. The molecule has 0 unspecified atom stereocenters. The summed E-state index contributed by atoms with van der Waals surface area (Å²) in [4.78, 5) is 10.2. The van der Waals surface area contributed by atoms with Crippen LogP contribution < -0.4 is 4.74 Å². The molecule has 0 aliphatic heterocycles. The molecule has 98 valence electrons. The van der Waals surface area contributed by atoms with Crippen molar-refractivity contribution < 1.29 is 14.8 Å². The van der Waals surface area contributed by atoms with Gasteiger partial charge in [-0.1, -0.05) is 30.3 Å². The van der Waals surface area contributed by atoms with Gasteiger partial charge in [-0.25, -0.2) is 0 Å². The van der Waals surface area contributed by atoms with Gasteiger partial charge in [-0.2, -0.15) is 0 Å². The van der Waals surface area contributed by atoms with Crippen LogP contribution in [0.5, 0.6) is 5.75 Å². The Bertz CT molecular complexity index is 583. The second-order valence-electron chi connectivity index (χ2n) is 3.98. The van der Waals surface area contributed by atoms with Crippen LogP contribution in [0.1, 0.15) is 11.1 Å². The lowest BCUT2D eigenvalue weighted by Gasteiger charge is -2.09. The van der Waals surface area contributed by atoms with Gasteiger partial charge in [0.25, 0.3) is 5.69 Å². The minimum absolute atomic E-state index is 0.0385. The van der Waals surface area contributed by atoms with Crippen LogP contribution in [0.2, 0.25) is 0 Å². The third kappa shape index (κ3) is 3.29. The van der Waals surface area contributed by atoms with E-state index < -0.39 is 4.92 Å². The Morgan fingerprint density at radius 3 is 2.68 bits per heavy atom. The average molecular weight is 259 g/mol. The molecule has 0 aliphatic rings. The molecule has 1 N–H and O–H groups in total. The maximum absolute atomic E-state index is 10.7. The van der Waals surface area contributed by atoms with E-state index in [-0.39, 0.29) is 18.9 Å². The van der Waals surface area contributed by atoms with Crippen LogP contribution in [-0.2, 0) is 13.2 Å². The average Bonchev–Trinajstić information content (AvgIpc) is 2.45. The molecular formula is C14H13NO4. The summed E-state index contributed by atoms with van der Waals surface area (Å²) in [6, 6.07) is 13.4. The number of non-ortho nitro benzene ring substituents is 1. The minimum Gasteiger partial charge on any atom is -0.489 e. The smallest absolute Gasteiger partial charge is 0.269 e. The molecule has 0 fully saturated rings. The Morgan fingerprint density at radius 1 is 1.16 bits per heavy atom. The van der Waals surface area contributed by atoms with E-state index in [0.29, 0.717) is 16.9 Å². The lowest BCUT2D eigenvalue weighted by molar-refractivity contribution is -0.384. The second-order valence-corrected chi connectivity index (χ2v) is 3.98. The first-order valence-corrected chi connectivity index (χ1v) is 5.75. The number of hydrogen-bond acceptors (Lipinski definition) is 4. The minimum atomic E-state index is -0.439. The largest absolute Gasteiger partial charge is 0.489 e. The Morgan fingerprint density at radius 2 is 1.95 bits per heavy atom. The molecule has 0 radical (unpaired) electrons. The Hall–Kier alpha value is -2.40. The molecule has 5 nitrogen and oxygen atoms in total. The molecule has 0 saturated carbocycles. The monoisotopic (exact) mass is 259 g/mol. The highest BCUT2D eigenvalue weighted by molar-refractivity contribution is 5.35. The van der Waals surface area contributed by atoms with Gasteiger partial charge in [0.15, 0.2) is 0 Å². The fourth-order valence-corrected chi connectivity index (χ4v) is 1.70. The van der Waals surface area contributed by atoms with Gasteiger partial charge in [-0.3, -0.25) is 10.1 Å². The summed E-state index contributed by atoms with van der Waals surface area (Å²) in [5, 5.41) is 19.8. The van der Waals surface area contributed by atoms with Crippen LogP contribution in [-0.4, -0.2) is 10.0 Å². The lowest BCUT2D eigenvalue weighted by Crippen LogP contribution is -1.99. The molecule has 0 aromatic heterocycles. The summed E-state index contributed by atoms with van der Waals surface area (Å²) in [5.41, 5.74) is 1.44. The number of rotatable bonds is 5. The predicted molar refractivity (Wildman–Crippen MR) is 69.8 cm³/mol. The first kappa shape index (κ1) is 13.0. The first-order chi connectivity index (χ1) is 9.20. The van der Waals surface area contributed by atoms with Crippen molar-refractivity contribution >= 4 is 5.69 Å². The van der Waals surface area contributed by atoms with E-state index in [2.05, 4.69) is 0 Å². The van der Waals surface area contributed by atoms with Crippen molar-refractivity contribution in [2.75, 3.05) is 0 Å². The molecule has 0 bridgehead atoms. The highest BCUT2D eigenvalue weighted by Gasteiger charge is 2.07. The molecule has 0 saturated heterocycles. The van der Waals surface area contributed by atoms with Crippen molar-refractivity contribution in [3.8, 4) is 5.75 Å². The van der Waals surface area contributed by atoms with E-state index in [1.165, 1.54) is 12.1 Å². The summed E-state index contributed by atoms with van der Waals surface area (Å²) in [5.74, 6) is 0.580. The molecule has 0 heterocycles. The number of benzene rings is 2. The second kappa shape index (κ2) is 5.97. The molecule has 0 amide bonds. The highest BCUT2D eigenvalue weighted by atomic mass is 16.6. The van der Waals surface area contributed by atoms with Gasteiger partial charge >= 0.3 is 0 Å². The van der Waals surface area contributed by atoms with Crippen LogP contribution in [0.4, 0.5) is 5.69 Å². The first-order valence-electron chi connectivity index (χ1n) is 5.75. The van der Waals surface area contributed by atoms with Gasteiger partial charge in [0.2, 0.25) is 0 Å². The topological polar surface area (TPSA) is 72.6 Å². The summed E-state index contributed by atoms with van der Waals surface area (Å²) in [7, 11) is 0. The fraction of sp³-hybridized carbons (Fsp3) is 0.143. The van der Waals surface area contributed by atoms with Crippen molar-refractivity contribution in [3.05, 3.63) is 69.8 Å². The van der Waals surface area contributed by atoms with Crippen molar-refractivity contribution in [1.82, 2.24) is 0 Å². The van der Waals surface area contributed by atoms with Gasteiger partial charge in [-0.05, 0) is 11.6 Å². The highest BCUT2D eigenvalue weighted by Crippen LogP contribution is 2.20. The van der Waals surface area contributed by atoms with Gasteiger partial charge < -0.3 is 9.84 Å². The van der Waals surface area contributed by atoms with E-state index in [9.17, 15) is 10.1 Å². The van der Waals surface area contributed by atoms with Crippen molar-refractivity contribution in [1.29, 1.82) is 0 Å². The van der Waals surface area contributed by atoms with Gasteiger partial charge in [0.05, 0.1) is 11.5 Å². The van der Waals surface area contributed by atoms with E-state index in [1.54, 1.807) is 24.3 Å². The van der Waals surface area contributed by atoms with Crippen molar-refractivity contribution in [2.45, 2.75) is 13.2 Å². The lowest BCUT2D eigenvalue weighted by atomic mass is 10.2. The fourth-order valence-electron chi connectivity index (χ4n) is 1.70. The number of aliphatic hydroxyl groups is 1. The molecule has 2 aromatic carbocycles. The quantitative estimate of drug-likeness (QED) is 0.661. The van der Waals surface area contributed by atoms with Crippen molar-refractivity contribution in [3.63, 3.8) is 0 Å². The van der Waals surface area contributed by atoms with E-state index in [0.717, 1.165) is 0 Å². The predicted octanol–water partition coefficient (Wildman–Crippen LogP) is 2.67. The van der Waals surface area contributed by atoms with Crippen LogP contribution in [0.25, 0.3) is 0 Å². The normalized spacial score (nSPS) is 10.2. The standard InChI is InChI=1S/C14H13NO4/c16-9-12-5-1-2-7-14(12)19-10-11-4-3-6-13(8-11)15(17)18/h1-8,16H,9-10H2. The Balaban J connectivity index is 2.10.